The van der Waals surface area contributed by atoms with Gasteiger partial charge in [-0.2, -0.15) is 13.2 Å². The number of nitrogens with two attached hydrogens (primary N) is 1. The second-order valence-corrected chi connectivity index (χ2v) is 11.9. The van der Waals surface area contributed by atoms with Crippen LogP contribution < -0.4 is 5.73 Å². The lowest BCUT2D eigenvalue weighted by Crippen LogP contribution is -2.51. The number of imidazole rings is 1. The van der Waals surface area contributed by atoms with E-state index in [1.807, 2.05) is 0 Å². The van der Waals surface area contributed by atoms with Crippen molar-refractivity contribution in [1.82, 2.24) is 14.5 Å². The summed E-state index contributed by atoms with van der Waals surface area (Å²) in [6.45, 7) is 5.74. The molecule has 1 aromatic heterocycles. The number of carbonyl (C=O) groups excluding carboxylic acids is 1. The molecule has 0 unspecified atom stereocenters. The molecule has 1 aliphatic heterocycles. The molecule has 1 fully saturated rings. The number of aromatic nitrogens is 2. The monoisotopic (exact) mass is 576 g/mol. The molecule has 226 valence electrons. The van der Waals surface area contributed by atoms with E-state index < -0.39 is 18.2 Å². The minimum Gasteiger partial charge on any atom is -0.475 e. The lowest BCUT2D eigenvalue weighted by Gasteiger charge is -2.40. The van der Waals surface area contributed by atoms with Crippen molar-refractivity contribution in [2.24, 2.45) is 17.6 Å². The van der Waals surface area contributed by atoms with Gasteiger partial charge in [0, 0.05) is 24.8 Å². The second kappa shape index (κ2) is 13.4. The van der Waals surface area contributed by atoms with Crippen molar-refractivity contribution in [3.8, 4) is 11.3 Å². The topological polar surface area (TPSA) is 101 Å². The molecule has 41 heavy (non-hydrogen) atoms. The predicted molar refractivity (Wildman–Crippen MR) is 151 cm³/mol. The first-order chi connectivity index (χ1) is 19.5. The molecule has 1 saturated carbocycles. The van der Waals surface area contributed by atoms with Crippen LogP contribution in [0.2, 0.25) is 0 Å². The van der Waals surface area contributed by atoms with Gasteiger partial charge in [-0.1, -0.05) is 64.5 Å². The van der Waals surface area contributed by atoms with Crippen LogP contribution >= 0.6 is 0 Å². The highest BCUT2D eigenvalue weighted by Crippen LogP contribution is 2.38. The molecule has 2 aromatic rings. The van der Waals surface area contributed by atoms with Crippen molar-refractivity contribution < 1.29 is 27.9 Å². The first kappa shape index (κ1) is 31.1. The number of alkyl halides is 3. The summed E-state index contributed by atoms with van der Waals surface area (Å²) in [7, 11) is 0. The van der Waals surface area contributed by atoms with E-state index in [9.17, 15) is 18.0 Å². The molecule has 3 N–H and O–H groups in total. The van der Waals surface area contributed by atoms with Gasteiger partial charge < -0.3 is 20.3 Å². The second-order valence-electron chi connectivity index (χ2n) is 11.9. The summed E-state index contributed by atoms with van der Waals surface area (Å²) in [5.41, 5.74) is 11.7. The van der Waals surface area contributed by atoms with Crippen LogP contribution in [0.4, 0.5) is 13.2 Å². The first-order valence-corrected chi connectivity index (χ1v) is 15.0. The van der Waals surface area contributed by atoms with Gasteiger partial charge in [0.1, 0.15) is 5.82 Å². The largest absolute Gasteiger partial charge is 0.490 e. The number of rotatable bonds is 6. The molecule has 7 nitrogen and oxygen atoms in total. The first-order valence-electron chi connectivity index (χ1n) is 15.0. The summed E-state index contributed by atoms with van der Waals surface area (Å²) in [5.74, 6) is -0.721. The van der Waals surface area contributed by atoms with Gasteiger partial charge in [-0.05, 0) is 61.1 Å². The fourth-order valence-corrected chi connectivity index (χ4v) is 6.34. The smallest absolute Gasteiger partial charge is 0.475 e. The highest BCUT2D eigenvalue weighted by atomic mass is 19.4. The molecule has 0 bridgehead atoms. The van der Waals surface area contributed by atoms with Crippen molar-refractivity contribution >= 4 is 11.9 Å². The molecular formula is C31H43F3N4O3. The van der Waals surface area contributed by atoms with Crippen molar-refractivity contribution in [1.29, 1.82) is 0 Å². The molecule has 3 atom stereocenters. The Morgan fingerprint density at radius 1 is 1.07 bits per heavy atom. The van der Waals surface area contributed by atoms with E-state index in [4.69, 9.17) is 20.6 Å². The standard InChI is InChI=1S/C29H42N4O.C2HF3O2/c1-3-20(2)27(30)29(34)33-16-15-32-19-25(24-14-13-22-11-7-8-12-23(22)18-24)31-28(32)26(33)17-21-9-5-4-6-10-21;3-2(4,5)1(6)7/h13-14,18-21,26-27H,3-12,15-17,30H2,1-2H3;(H,6,7)/t20-,26-,27-;/m0./s1. The summed E-state index contributed by atoms with van der Waals surface area (Å²) in [4.78, 5) is 29.7. The number of aliphatic carboxylic acids is 1. The van der Waals surface area contributed by atoms with E-state index in [2.05, 4.69) is 47.7 Å². The van der Waals surface area contributed by atoms with Gasteiger partial charge >= 0.3 is 12.1 Å². The normalized spacial score (nSPS) is 20.7. The summed E-state index contributed by atoms with van der Waals surface area (Å²) in [6, 6.07) is 6.52. The average Bonchev–Trinajstić information content (AvgIpc) is 3.41. The van der Waals surface area contributed by atoms with Crippen molar-refractivity contribution in [3.05, 3.63) is 41.3 Å². The molecule has 1 amide bonds. The van der Waals surface area contributed by atoms with Crippen LogP contribution in [-0.4, -0.2) is 50.2 Å². The van der Waals surface area contributed by atoms with Crippen molar-refractivity contribution in [2.45, 2.75) is 109 Å². The molecule has 0 spiro atoms. The maximum atomic E-state index is 13.6. The van der Waals surface area contributed by atoms with Crippen LogP contribution in [0.1, 0.15) is 94.6 Å². The van der Waals surface area contributed by atoms with E-state index in [-0.39, 0.29) is 17.9 Å². The Kier molecular flexibility index (Phi) is 10.2. The van der Waals surface area contributed by atoms with Crippen LogP contribution in [0.25, 0.3) is 11.3 Å². The number of aryl methyl sites for hydroxylation is 2. The zero-order chi connectivity index (χ0) is 29.7. The molecule has 0 saturated heterocycles. The minimum atomic E-state index is -5.08. The highest BCUT2D eigenvalue weighted by molar-refractivity contribution is 5.82. The Morgan fingerprint density at radius 3 is 2.37 bits per heavy atom. The van der Waals surface area contributed by atoms with Gasteiger partial charge in [0.15, 0.2) is 0 Å². The summed E-state index contributed by atoms with van der Waals surface area (Å²) < 4.78 is 34.1. The quantitative estimate of drug-likeness (QED) is 0.421. The number of nitrogens with zero attached hydrogens (tertiary/aromatic N) is 3. The maximum Gasteiger partial charge on any atom is 0.490 e. The van der Waals surface area contributed by atoms with E-state index in [1.165, 1.54) is 74.5 Å². The fraction of sp³-hybridized carbons (Fsp3) is 0.645. The molecule has 5 rings (SSSR count). The van der Waals surface area contributed by atoms with Crippen LogP contribution in [-0.2, 0) is 29.0 Å². The number of fused-ring (bicyclic) bond motifs is 2. The molecule has 1 aromatic carbocycles. The van der Waals surface area contributed by atoms with Crippen molar-refractivity contribution in [2.75, 3.05) is 6.54 Å². The van der Waals surface area contributed by atoms with E-state index in [0.717, 1.165) is 37.4 Å². The molecule has 10 heteroatoms. The lowest BCUT2D eigenvalue weighted by atomic mass is 9.83. The average molecular weight is 577 g/mol. The van der Waals surface area contributed by atoms with Gasteiger partial charge in [0.25, 0.3) is 0 Å². The molecule has 3 aliphatic rings. The van der Waals surface area contributed by atoms with Crippen molar-refractivity contribution in [3.63, 3.8) is 0 Å². The Hall–Kier alpha value is -2.88. The van der Waals surface area contributed by atoms with E-state index >= 15 is 0 Å². The van der Waals surface area contributed by atoms with Crippen LogP contribution in [0.5, 0.6) is 0 Å². The summed E-state index contributed by atoms with van der Waals surface area (Å²) >= 11 is 0. The third-order valence-electron chi connectivity index (χ3n) is 9.06. The van der Waals surface area contributed by atoms with Gasteiger partial charge in [-0.15, -0.1) is 0 Å². The number of carbonyl (C=O) groups is 2. The number of hydrogen-bond donors (Lipinski definition) is 2. The Bertz CT molecular complexity index is 1210. The number of hydrogen-bond acceptors (Lipinski definition) is 4. The van der Waals surface area contributed by atoms with Gasteiger partial charge in [-0.25, -0.2) is 9.78 Å². The minimum absolute atomic E-state index is 0.0332. The number of halogens is 3. The molecular weight excluding hydrogens is 533 g/mol. The van der Waals surface area contributed by atoms with Crippen LogP contribution in [0.3, 0.4) is 0 Å². The molecule has 2 heterocycles. The maximum absolute atomic E-state index is 13.6. The number of benzene rings is 1. The van der Waals surface area contributed by atoms with Crippen LogP contribution in [0.15, 0.2) is 24.4 Å². The van der Waals surface area contributed by atoms with Gasteiger partial charge in [-0.3, -0.25) is 4.79 Å². The van der Waals surface area contributed by atoms with E-state index in [1.54, 1.807) is 0 Å². The van der Waals surface area contributed by atoms with Crippen LogP contribution in [0, 0.1) is 11.8 Å². The predicted octanol–water partition coefficient (Wildman–Crippen LogP) is 6.29. The SMILES string of the molecule is CC[C@H](C)[C@H](N)C(=O)N1CCn2cc(-c3ccc4c(c3)CCCC4)nc2[C@@H]1CC1CCCCC1.O=C(O)C(F)(F)F. The van der Waals surface area contributed by atoms with E-state index in [0.29, 0.717) is 5.92 Å². The summed E-state index contributed by atoms with van der Waals surface area (Å²) in [5, 5.41) is 7.12. The number of carboxylic acids is 1. The Morgan fingerprint density at radius 2 is 1.73 bits per heavy atom. The Balaban J connectivity index is 0.000000493. The number of carboxylic acid groups (broad SMARTS) is 1. The zero-order valence-corrected chi connectivity index (χ0v) is 24.1. The zero-order valence-electron chi connectivity index (χ0n) is 24.1. The lowest BCUT2D eigenvalue weighted by molar-refractivity contribution is -0.192. The molecule has 0 radical (unpaired) electrons. The fourth-order valence-electron chi connectivity index (χ4n) is 6.34. The number of amides is 1. The molecule has 2 aliphatic carbocycles. The Labute approximate surface area is 240 Å². The van der Waals surface area contributed by atoms with Gasteiger partial charge in [0.05, 0.1) is 17.8 Å². The third kappa shape index (κ3) is 7.50. The summed E-state index contributed by atoms with van der Waals surface area (Å²) in [6.07, 6.45) is 10.6. The van der Waals surface area contributed by atoms with Gasteiger partial charge in [0.2, 0.25) is 5.91 Å². The third-order valence-corrected chi connectivity index (χ3v) is 9.06. The highest BCUT2D eigenvalue weighted by Gasteiger charge is 2.39.